The minimum atomic E-state index is -4.22. The van der Waals surface area contributed by atoms with Gasteiger partial charge in [-0.2, -0.15) is 0 Å². The minimum Gasteiger partial charge on any atom is -0.494 e. The van der Waals surface area contributed by atoms with Crippen molar-refractivity contribution in [2.75, 3.05) is 41.7 Å². The number of para-hydroxylation sites is 1. The van der Waals surface area contributed by atoms with Gasteiger partial charge in [0.2, 0.25) is 5.91 Å². The maximum Gasteiger partial charge on any atom is 0.264 e. The smallest absolute Gasteiger partial charge is 0.264 e. The number of hydrogen-bond donors (Lipinski definition) is 2. The molecule has 0 fully saturated rings. The van der Waals surface area contributed by atoms with E-state index in [0.29, 0.717) is 23.8 Å². The van der Waals surface area contributed by atoms with Crippen LogP contribution in [0.2, 0.25) is 0 Å². The third-order valence-electron chi connectivity index (χ3n) is 6.14. The molecule has 43 heavy (non-hydrogen) atoms. The normalized spacial score (nSPS) is 11.3. The number of benzene rings is 4. The zero-order valence-electron chi connectivity index (χ0n) is 23.7. The number of amides is 1. The van der Waals surface area contributed by atoms with Gasteiger partial charge in [-0.15, -0.1) is 0 Å². The zero-order chi connectivity index (χ0) is 31.0. The molecule has 0 heterocycles. The van der Waals surface area contributed by atoms with Crippen LogP contribution in [0, 0.1) is 0 Å². The predicted molar refractivity (Wildman–Crippen MR) is 164 cm³/mol. The molecule has 0 atom stereocenters. The molecule has 226 valence electrons. The van der Waals surface area contributed by atoms with Gasteiger partial charge < -0.3 is 19.5 Å². The van der Waals surface area contributed by atoms with Crippen LogP contribution in [0.25, 0.3) is 0 Å². The Balaban J connectivity index is 1.51. The number of anilines is 3. The van der Waals surface area contributed by atoms with Crippen LogP contribution in [0.3, 0.4) is 0 Å². The summed E-state index contributed by atoms with van der Waals surface area (Å²) in [5.74, 6) is 0.544. The first-order chi connectivity index (χ1) is 20.6. The summed E-state index contributed by atoms with van der Waals surface area (Å²) in [4.78, 5) is 13.0. The van der Waals surface area contributed by atoms with Gasteiger partial charge in [-0.05, 0) is 79.7 Å². The van der Waals surface area contributed by atoms with Crippen molar-refractivity contribution in [3.05, 3.63) is 97.1 Å². The number of nitrogens with zero attached hydrogens (tertiary/aromatic N) is 1. The molecule has 2 N–H and O–H groups in total. The zero-order valence-corrected chi connectivity index (χ0v) is 25.3. The third-order valence-corrected chi connectivity index (χ3v) is 9.31. The van der Waals surface area contributed by atoms with Crippen LogP contribution >= 0.6 is 0 Å². The molecule has 11 nitrogen and oxygen atoms in total. The lowest BCUT2D eigenvalue weighted by atomic mass is 10.3. The quantitative estimate of drug-likeness (QED) is 0.217. The molecule has 0 saturated carbocycles. The fourth-order valence-electron chi connectivity index (χ4n) is 4.06. The first-order valence-corrected chi connectivity index (χ1v) is 15.9. The van der Waals surface area contributed by atoms with Crippen LogP contribution < -0.4 is 28.6 Å². The summed E-state index contributed by atoms with van der Waals surface area (Å²) in [6.45, 7) is 1.79. The van der Waals surface area contributed by atoms with E-state index in [1.54, 1.807) is 54.6 Å². The molecule has 0 bridgehead atoms. The first kappa shape index (κ1) is 31.2. The molecule has 0 radical (unpaired) electrons. The molecule has 0 aliphatic rings. The summed E-state index contributed by atoms with van der Waals surface area (Å²) < 4.78 is 72.5. The SMILES string of the molecule is CCOc1ccc(NS(=O)(=O)c2ccc(NC(=O)CN(c3ccccc3)S(=O)(=O)c3ccc(OC)c(OC)c3)cc2)cc1. The van der Waals surface area contributed by atoms with Gasteiger partial charge in [0.25, 0.3) is 20.0 Å². The van der Waals surface area contributed by atoms with Crippen molar-refractivity contribution in [3.63, 3.8) is 0 Å². The fraction of sp³-hybridized carbons (Fsp3) is 0.167. The average molecular weight is 626 g/mol. The topological polar surface area (TPSA) is 140 Å². The summed E-state index contributed by atoms with van der Waals surface area (Å²) in [6, 6.07) is 24.3. The highest BCUT2D eigenvalue weighted by atomic mass is 32.2. The highest BCUT2D eigenvalue weighted by Gasteiger charge is 2.28. The molecular formula is C30H31N3O8S2. The van der Waals surface area contributed by atoms with Crippen LogP contribution in [-0.2, 0) is 24.8 Å². The van der Waals surface area contributed by atoms with E-state index in [1.807, 2.05) is 6.92 Å². The largest absolute Gasteiger partial charge is 0.494 e. The van der Waals surface area contributed by atoms with Crippen LogP contribution in [0.1, 0.15) is 6.92 Å². The van der Waals surface area contributed by atoms with Crippen molar-refractivity contribution >= 4 is 43.0 Å². The van der Waals surface area contributed by atoms with E-state index in [4.69, 9.17) is 14.2 Å². The van der Waals surface area contributed by atoms with E-state index in [9.17, 15) is 21.6 Å². The summed E-state index contributed by atoms with van der Waals surface area (Å²) in [5.41, 5.74) is 0.910. The van der Waals surface area contributed by atoms with Crippen LogP contribution in [0.5, 0.6) is 17.2 Å². The van der Waals surface area contributed by atoms with Gasteiger partial charge in [0.15, 0.2) is 11.5 Å². The van der Waals surface area contributed by atoms with Crippen LogP contribution in [-0.4, -0.2) is 50.1 Å². The molecule has 1 amide bonds. The highest BCUT2D eigenvalue weighted by molar-refractivity contribution is 7.93. The number of sulfonamides is 2. The van der Waals surface area contributed by atoms with E-state index in [1.165, 1.54) is 56.7 Å². The molecule has 0 aliphatic carbocycles. The van der Waals surface area contributed by atoms with Gasteiger partial charge in [-0.1, -0.05) is 18.2 Å². The van der Waals surface area contributed by atoms with Gasteiger partial charge in [0.1, 0.15) is 12.3 Å². The molecule has 0 saturated heterocycles. The number of nitrogens with one attached hydrogen (secondary N) is 2. The van der Waals surface area contributed by atoms with Gasteiger partial charge in [-0.25, -0.2) is 16.8 Å². The molecule has 4 rings (SSSR count). The van der Waals surface area contributed by atoms with Crippen molar-refractivity contribution in [2.24, 2.45) is 0 Å². The second-order valence-electron chi connectivity index (χ2n) is 9.00. The fourth-order valence-corrected chi connectivity index (χ4v) is 6.56. The Morgan fingerprint density at radius 1 is 0.744 bits per heavy atom. The maximum atomic E-state index is 13.7. The molecule has 4 aromatic carbocycles. The van der Waals surface area contributed by atoms with Crippen molar-refractivity contribution in [1.82, 2.24) is 0 Å². The Kier molecular flexibility index (Phi) is 9.78. The monoisotopic (exact) mass is 625 g/mol. The van der Waals surface area contributed by atoms with Gasteiger partial charge in [-0.3, -0.25) is 13.8 Å². The lowest BCUT2D eigenvalue weighted by Crippen LogP contribution is -2.38. The second-order valence-corrected chi connectivity index (χ2v) is 12.5. The van der Waals surface area contributed by atoms with Gasteiger partial charge >= 0.3 is 0 Å². The first-order valence-electron chi connectivity index (χ1n) is 13.0. The molecule has 4 aromatic rings. The second kappa shape index (κ2) is 13.5. The molecular weight excluding hydrogens is 594 g/mol. The number of methoxy groups -OCH3 is 2. The van der Waals surface area contributed by atoms with Crippen molar-refractivity contribution in [3.8, 4) is 17.2 Å². The third kappa shape index (κ3) is 7.56. The van der Waals surface area contributed by atoms with Crippen LogP contribution in [0.15, 0.2) is 107 Å². The molecule has 13 heteroatoms. The number of carbonyl (C=O) groups is 1. The van der Waals surface area contributed by atoms with Gasteiger partial charge in [0.05, 0.1) is 36.3 Å². The molecule has 0 unspecified atom stereocenters. The number of ether oxygens (including phenoxy) is 3. The highest BCUT2D eigenvalue weighted by Crippen LogP contribution is 2.32. The Morgan fingerprint density at radius 2 is 1.35 bits per heavy atom. The summed E-state index contributed by atoms with van der Waals surface area (Å²) in [7, 11) is -5.30. The Morgan fingerprint density at radius 3 is 1.95 bits per heavy atom. The Hall–Kier alpha value is -4.75. The lowest BCUT2D eigenvalue weighted by Gasteiger charge is -2.24. The Bertz CT molecular complexity index is 1760. The number of carbonyl (C=O) groups excluding carboxylic acids is 1. The van der Waals surface area contributed by atoms with Gasteiger partial charge in [0, 0.05) is 17.4 Å². The van der Waals surface area contributed by atoms with E-state index in [2.05, 4.69) is 10.0 Å². The van der Waals surface area contributed by atoms with E-state index >= 15 is 0 Å². The summed E-state index contributed by atoms with van der Waals surface area (Å²) in [5, 5.41) is 2.63. The van der Waals surface area contributed by atoms with Crippen molar-refractivity contribution in [1.29, 1.82) is 0 Å². The molecule has 0 spiro atoms. The van der Waals surface area contributed by atoms with E-state index in [0.717, 1.165) is 4.31 Å². The number of rotatable bonds is 13. The van der Waals surface area contributed by atoms with E-state index in [-0.39, 0.29) is 26.9 Å². The standard InChI is InChI=1S/C30H31N3O8S2/c1-4-41-25-14-10-23(11-15-25)32-42(35,36)26-16-12-22(13-17-26)31-30(34)21-33(24-8-6-5-7-9-24)43(37,38)27-18-19-28(39-2)29(20-27)40-3/h5-20,32H,4,21H2,1-3H3,(H,31,34). The van der Waals surface area contributed by atoms with Crippen molar-refractivity contribution in [2.45, 2.75) is 16.7 Å². The summed E-state index contributed by atoms with van der Waals surface area (Å²) >= 11 is 0. The van der Waals surface area contributed by atoms with E-state index < -0.39 is 32.5 Å². The molecule has 0 aliphatic heterocycles. The lowest BCUT2D eigenvalue weighted by molar-refractivity contribution is -0.114. The molecule has 0 aromatic heterocycles. The minimum absolute atomic E-state index is 0.0265. The predicted octanol–water partition coefficient (Wildman–Crippen LogP) is 4.74. The number of hydrogen-bond acceptors (Lipinski definition) is 8. The van der Waals surface area contributed by atoms with Crippen LogP contribution in [0.4, 0.5) is 17.1 Å². The average Bonchev–Trinajstić information content (AvgIpc) is 3.01. The van der Waals surface area contributed by atoms with Crippen molar-refractivity contribution < 1.29 is 35.8 Å². The summed E-state index contributed by atoms with van der Waals surface area (Å²) in [6.07, 6.45) is 0. The maximum absolute atomic E-state index is 13.7. The Labute approximate surface area is 251 Å².